The lowest BCUT2D eigenvalue weighted by molar-refractivity contribution is 0.0606. The van der Waals surface area contributed by atoms with E-state index in [1.165, 1.54) is 24.5 Å². The Balaban J connectivity index is 2.37. The van der Waals surface area contributed by atoms with Gasteiger partial charge in [0, 0.05) is 4.88 Å². The maximum Gasteiger partial charge on any atom is 0.348 e. The van der Waals surface area contributed by atoms with Crippen molar-refractivity contribution in [2.24, 2.45) is 0 Å². The molecule has 0 atom stereocenters. The number of benzene rings is 1. The van der Waals surface area contributed by atoms with E-state index in [1.807, 2.05) is 0 Å². The third-order valence-corrected chi connectivity index (χ3v) is 3.31. The van der Waals surface area contributed by atoms with Crippen molar-refractivity contribution in [3.05, 3.63) is 46.8 Å². The fourth-order valence-corrected chi connectivity index (χ4v) is 2.27. The third-order valence-electron chi connectivity index (χ3n) is 2.20. The fraction of sp³-hybridized carbons (Fsp3) is 0.0833. The molecule has 2 nitrogen and oxygen atoms in total. The number of halogens is 2. The highest BCUT2D eigenvalue weighted by Gasteiger charge is 2.11. The van der Waals surface area contributed by atoms with Crippen LogP contribution in [-0.4, -0.2) is 13.1 Å². The lowest BCUT2D eigenvalue weighted by atomic mass is 10.2. The topological polar surface area (TPSA) is 26.3 Å². The van der Waals surface area contributed by atoms with Crippen LogP contribution in [0.4, 0.5) is 8.78 Å². The normalized spacial score (nSPS) is 10.3. The van der Waals surface area contributed by atoms with Gasteiger partial charge in [0.05, 0.1) is 7.11 Å². The molecule has 17 heavy (non-hydrogen) atoms. The maximum atomic E-state index is 13.0. The van der Waals surface area contributed by atoms with Gasteiger partial charge in [-0.05, 0) is 29.8 Å². The monoisotopic (exact) mass is 254 g/mol. The van der Waals surface area contributed by atoms with Crippen molar-refractivity contribution in [1.82, 2.24) is 0 Å². The molecule has 5 heteroatoms. The van der Waals surface area contributed by atoms with E-state index in [2.05, 4.69) is 4.74 Å². The highest BCUT2D eigenvalue weighted by molar-refractivity contribution is 7.17. The Morgan fingerprint density at radius 3 is 2.59 bits per heavy atom. The molecule has 0 saturated heterocycles. The molecule has 0 aliphatic carbocycles. The van der Waals surface area contributed by atoms with Crippen LogP contribution in [0.2, 0.25) is 0 Å². The largest absolute Gasteiger partial charge is 0.465 e. The van der Waals surface area contributed by atoms with Crippen LogP contribution >= 0.6 is 11.3 Å². The number of thiophene rings is 1. The molecule has 2 aromatic rings. The first-order valence-corrected chi connectivity index (χ1v) is 5.57. The minimum Gasteiger partial charge on any atom is -0.465 e. The molecule has 0 aliphatic heterocycles. The number of hydrogen-bond acceptors (Lipinski definition) is 3. The summed E-state index contributed by atoms with van der Waals surface area (Å²) in [6.45, 7) is 0. The first-order chi connectivity index (χ1) is 8.11. The van der Waals surface area contributed by atoms with Crippen LogP contribution in [0, 0.1) is 11.6 Å². The first-order valence-electron chi connectivity index (χ1n) is 4.75. The molecule has 88 valence electrons. The number of ether oxygens (including phenoxy) is 1. The van der Waals surface area contributed by atoms with E-state index in [4.69, 9.17) is 0 Å². The zero-order chi connectivity index (χ0) is 12.4. The number of hydrogen-bond donors (Lipinski definition) is 0. The van der Waals surface area contributed by atoms with E-state index in [1.54, 1.807) is 12.1 Å². The molecule has 0 N–H and O–H groups in total. The number of esters is 1. The fourth-order valence-electron chi connectivity index (χ4n) is 1.35. The number of methoxy groups -OCH3 is 1. The van der Waals surface area contributed by atoms with E-state index >= 15 is 0 Å². The van der Waals surface area contributed by atoms with Gasteiger partial charge in [0.25, 0.3) is 0 Å². The predicted octanol–water partition coefficient (Wildman–Crippen LogP) is 3.48. The van der Waals surface area contributed by atoms with Crippen molar-refractivity contribution in [1.29, 1.82) is 0 Å². The minimum absolute atomic E-state index is 0.423. The zero-order valence-electron chi connectivity index (χ0n) is 8.87. The third kappa shape index (κ3) is 2.34. The summed E-state index contributed by atoms with van der Waals surface area (Å²) in [4.78, 5) is 12.3. The average molecular weight is 254 g/mol. The van der Waals surface area contributed by atoms with Crippen LogP contribution in [0.1, 0.15) is 9.67 Å². The predicted molar refractivity (Wildman–Crippen MR) is 61.0 cm³/mol. The molecule has 1 heterocycles. The van der Waals surface area contributed by atoms with Gasteiger partial charge in [-0.15, -0.1) is 11.3 Å². The molecule has 1 aromatic carbocycles. The quantitative estimate of drug-likeness (QED) is 0.767. The summed E-state index contributed by atoms with van der Waals surface area (Å²) in [6, 6.07) is 6.88. The van der Waals surface area contributed by atoms with Gasteiger partial charge >= 0.3 is 5.97 Å². The van der Waals surface area contributed by atoms with Gasteiger partial charge in [0.1, 0.15) is 4.88 Å². The molecular formula is C12H8F2O2S. The maximum absolute atomic E-state index is 13.0. The smallest absolute Gasteiger partial charge is 0.348 e. The lowest BCUT2D eigenvalue weighted by Crippen LogP contribution is -1.96. The standard InChI is InChI=1S/C12H8F2O2S/c1-16-12(15)11-5-4-10(17-11)7-2-3-8(13)9(14)6-7/h2-6H,1H3. The van der Waals surface area contributed by atoms with Gasteiger partial charge in [-0.25, -0.2) is 13.6 Å². The lowest BCUT2D eigenvalue weighted by Gasteiger charge is -1.98. The highest BCUT2D eigenvalue weighted by atomic mass is 32.1. The van der Waals surface area contributed by atoms with Gasteiger partial charge in [0.2, 0.25) is 0 Å². The van der Waals surface area contributed by atoms with E-state index < -0.39 is 17.6 Å². The van der Waals surface area contributed by atoms with Crippen molar-refractivity contribution in [2.45, 2.75) is 0 Å². The zero-order valence-corrected chi connectivity index (χ0v) is 9.68. The van der Waals surface area contributed by atoms with Gasteiger partial charge < -0.3 is 4.74 Å². The molecule has 0 unspecified atom stereocenters. The second kappa shape index (κ2) is 4.63. The van der Waals surface area contributed by atoms with Crippen LogP contribution in [-0.2, 0) is 4.74 Å². The molecule has 0 spiro atoms. The molecule has 0 amide bonds. The molecule has 0 aliphatic rings. The molecule has 0 fully saturated rings. The molecule has 1 aromatic heterocycles. The van der Waals surface area contributed by atoms with Crippen molar-refractivity contribution in [3.63, 3.8) is 0 Å². The average Bonchev–Trinajstić information content (AvgIpc) is 2.81. The second-order valence-electron chi connectivity index (χ2n) is 3.28. The second-order valence-corrected chi connectivity index (χ2v) is 4.37. The van der Waals surface area contributed by atoms with Gasteiger partial charge in [-0.3, -0.25) is 0 Å². The molecule has 0 radical (unpaired) electrons. The van der Waals surface area contributed by atoms with Crippen LogP contribution in [0.3, 0.4) is 0 Å². The molecule has 2 rings (SSSR count). The van der Waals surface area contributed by atoms with E-state index in [0.717, 1.165) is 12.1 Å². The minimum atomic E-state index is -0.907. The summed E-state index contributed by atoms with van der Waals surface area (Å²) >= 11 is 1.17. The number of carbonyl (C=O) groups excluding carboxylic acids is 1. The molecule has 0 bridgehead atoms. The Bertz CT molecular complexity index is 563. The first kappa shape index (κ1) is 11.7. The Kier molecular flexibility index (Phi) is 3.19. The summed E-state index contributed by atoms with van der Waals surface area (Å²) in [7, 11) is 1.29. The van der Waals surface area contributed by atoms with Crippen LogP contribution in [0.15, 0.2) is 30.3 Å². The van der Waals surface area contributed by atoms with Crippen molar-refractivity contribution >= 4 is 17.3 Å². The van der Waals surface area contributed by atoms with E-state index in [0.29, 0.717) is 15.3 Å². The number of carbonyl (C=O) groups is 1. The molecular weight excluding hydrogens is 246 g/mol. The van der Waals surface area contributed by atoms with E-state index in [9.17, 15) is 13.6 Å². The molecule has 0 saturated carbocycles. The van der Waals surface area contributed by atoms with Crippen LogP contribution in [0.25, 0.3) is 10.4 Å². The van der Waals surface area contributed by atoms with Crippen molar-refractivity contribution in [3.8, 4) is 10.4 Å². The summed E-state index contributed by atoms with van der Waals surface area (Å²) in [5.41, 5.74) is 0.532. The Morgan fingerprint density at radius 2 is 1.94 bits per heavy atom. The van der Waals surface area contributed by atoms with Crippen molar-refractivity contribution < 1.29 is 18.3 Å². The Hall–Kier alpha value is -1.75. The van der Waals surface area contributed by atoms with Crippen LogP contribution in [0.5, 0.6) is 0 Å². The summed E-state index contributed by atoms with van der Waals surface area (Å²) in [5.74, 6) is -2.24. The van der Waals surface area contributed by atoms with Crippen molar-refractivity contribution in [2.75, 3.05) is 7.11 Å². The Labute approximate surface area is 100 Å². The Morgan fingerprint density at radius 1 is 1.18 bits per heavy atom. The summed E-state index contributed by atoms with van der Waals surface area (Å²) < 4.78 is 30.4. The van der Waals surface area contributed by atoms with Gasteiger partial charge in [-0.1, -0.05) is 6.07 Å². The van der Waals surface area contributed by atoms with Gasteiger partial charge in [0.15, 0.2) is 11.6 Å². The summed E-state index contributed by atoms with van der Waals surface area (Å²) in [5, 5.41) is 0. The SMILES string of the molecule is COC(=O)c1ccc(-c2ccc(F)c(F)c2)s1. The van der Waals surface area contributed by atoms with Crippen LogP contribution < -0.4 is 0 Å². The highest BCUT2D eigenvalue weighted by Crippen LogP contribution is 2.29. The number of rotatable bonds is 2. The van der Waals surface area contributed by atoms with Gasteiger partial charge in [-0.2, -0.15) is 0 Å². The van der Waals surface area contributed by atoms with E-state index in [-0.39, 0.29) is 0 Å². The summed E-state index contributed by atoms with van der Waals surface area (Å²) in [6.07, 6.45) is 0.